The van der Waals surface area contributed by atoms with Gasteiger partial charge < -0.3 is 4.90 Å². The summed E-state index contributed by atoms with van der Waals surface area (Å²) in [6.07, 6.45) is 4.85. The van der Waals surface area contributed by atoms with Crippen LogP contribution in [0, 0.1) is 0 Å². The zero-order valence-corrected chi connectivity index (χ0v) is 8.31. The lowest BCUT2D eigenvalue weighted by Gasteiger charge is -2.26. The summed E-state index contributed by atoms with van der Waals surface area (Å²) in [5.41, 5.74) is 0. The molecular weight excluding hydrogens is 174 g/mol. The van der Waals surface area contributed by atoms with Gasteiger partial charge in [0.25, 0.3) is 0 Å². The van der Waals surface area contributed by atoms with E-state index in [1.807, 2.05) is 11.8 Å². The van der Waals surface area contributed by atoms with Gasteiger partial charge in [-0.3, -0.25) is 4.79 Å². The standard InChI is InChI=1S/C9H16ClNO/c1-2-11(9(12)7-10)8-5-3-4-6-8/h8H,2-7H2,1H3. The number of alkyl halides is 1. The fourth-order valence-electron chi connectivity index (χ4n) is 1.93. The van der Waals surface area contributed by atoms with E-state index in [2.05, 4.69) is 0 Å². The fraction of sp³-hybridized carbons (Fsp3) is 0.889. The molecule has 0 unspecified atom stereocenters. The molecule has 0 bridgehead atoms. The number of carbonyl (C=O) groups excluding carboxylic acids is 1. The number of nitrogens with zero attached hydrogens (tertiary/aromatic N) is 1. The van der Waals surface area contributed by atoms with Crippen molar-refractivity contribution in [2.75, 3.05) is 12.4 Å². The van der Waals surface area contributed by atoms with Crippen LogP contribution in [0.3, 0.4) is 0 Å². The van der Waals surface area contributed by atoms with E-state index in [1.54, 1.807) is 0 Å². The minimum atomic E-state index is 0.0890. The predicted molar refractivity (Wildman–Crippen MR) is 50.4 cm³/mol. The second-order valence-electron chi connectivity index (χ2n) is 3.25. The average Bonchev–Trinajstić information content (AvgIpc) is 2.58. The molecule has 0 aromatic rings. The van der Waals surface area contributed by atoms with Gasteiger partial charge in [-0.15, -0.1) is 11.6 Å². The van der Waals surface area contributed by atoms with E-state index in [9.17, 15) is 4.79 Å². The van der Waals surface area contributed by atoms with Crippen LogP contribution in [0.4, 0.5) is 0 Å². The molecule has 1 fully saturated rings. The first-order chi connectivity index (χ1) is 5.79. The fourth-order valence-corrected chi connectivity index (χ4v) is 2.08. The Balaban J connectivity index is 2.48. The molecule has 0 aliphatic heterocycles. The summed E-state index contributed by atoms with van der Waals surface area (Å²) in [5.74, 6) is 0.218. The summed E-state index contributed by atoms with van der Waals surface area (Å²) in [4.78, 5) is 13.2. The SMILES string of the molecule is CCN(C(=O)CCl)C1CCCC1. The van der Waals surface area contributed by atoms with Gasteiger partial charge in [-0.2, -0.15) is 0 Å². The summed E-state index contributed by atoms with van der Waals surface area (Å²) >= 11 is 5.51. The molecule has 0 spiro atoms. The monoisotopic (exact) mass is 189 g/mol. The second-order valence-corrected chi connectivity index (χ2v) is 3.52. The lowest BCUT2D eigenvalue weighted by Crippen LogP contribution is -2.39. The molecule has 0 atom stereocenters. The molecule has 0 saturated heterocycles. The zero-order valence-electron chi connectivity index (χ0n) is 7.55. The third-order valence-electron chi connectivity index (χ3n) is 2.54. The van der Waals surface area contributed by atoms with E-state index in [4.69, 9.17) is 11.6 Å². The van der Waals surface area contributed by atoms with E-state index in [0.29, 0.717) is 6.04 Å². The Morgan fingerprint density at radius 1 is 1.50 bits per heavy atom. The summed E-state index contributed by atoms with van der Waals surface area (Å²) < 4.78 is 0. The summed E-state index contributed by atoms with van der Waals surface area (Å²) in [5, 5.41) is 0. The quantitative estimate of drug-likeness (QED) is 0.623. The van der Waals surface area contributed by atoms with E-state index >= 15 is 0 Å². The Morgan fingerprint density at radius 3 is 2.50 bits per heavy atom. The smallest absolute Gasteiger partial charge is 0.237 e. The van der Waals surface area contributed by atoms with Crippen LogP contribution in [-0.2, 0) is 4.79 Å². The van der Waals surface area contributed by atoms with E-state index in [-0.39, 0.29) is 11.8 Å². The Bertz CT molecular complexity index is 155. The molecule has 12 heavy (non-hydrogen) atoms. The van der Waals surface area contributed by atoms with Gasteiger partial charge in [-0.25, -0.2) is 0 Å². The molecule has 0 aromatic heterocycles. The molecule has 0 heterocycles. The van der Waals surface area contributed by atoms with Gasteiger partial charge in [0.05, 0.1) is 0 Å². The van der Waals surface area contributed by atoms with Crippen molar-refractivity contribution in [3.8, 4) is 0 Å². The van der Waals surface area contributed by atoms with Gasteiger partial charge in [0.15, 0.2) is 0 Å². The molecule has 2 nitrogen and oxygen atoms in total. The minimum absolute atomic E-state index is 0.0890. The van der Waals surface area contributed by atoms with Crippen molar-refractivity contribution in [3.05, 3.63) is 0 Å². The van der Waals surface area contributed by atoms with Crippen LogP contribution >= 0.6 is 11.6 Å². The first kappa shape index (κ1) is 9.85. The van der Waals surface area contributed by atoms with Crippen molar-refractivity contribution in [3.63, 3.8) is 0 Å². The first-order valence-corrected chi connectivity index (χ1v) is 5.18. The molecule has 0 N–H and O–H groups in total. The van der Waals surface area contributed by atoms with Crippen molar-refractivity contribution in [1.29, 1.82) is 0 Å². The maximum absolute atomic E-state index is 11.3. The van der Waals surface area contributed by atoms with Crippen molar-refractivity contribution < 1.29 is 4.79 Å². The van der Waals surface area contributed by atoms with Crippen LogP contribution in [0.5, 0.6) is 0 Å². The number of hydrogen-bond donors (Lipinski definition) is 0. The highest BCUT2D eigenvalue weighted by Gasteiger charge is 2.24. The van der Waals surface area contributed by atoms with Crippen molar-refractivity contribution in [2.24, 2.45) is 0 Å². The van der Waals surface area contributed by atoms with E-state index in [0.717, 1.165) is 19.4 Å². The molecule has 3 heteroatoms. The third-order valence-corrected chi connectivity index (χ3v) is 2.77. The van der Waals surface area contributed by atoms with Crippen molar-refractivity contribution >= 4 is 17.5 Å². The van der Waals surface area contributed by atoms with Gasteiger partial charge in [0, 0.05) is 12.6 Å². The number of carbonyl (C=O) groups is 1. The summed E-state index contributed by atoms with van der Waals surface area (Å²) in [7, 11) is 0. The topological polar surface area (TPSA) is 20.3 Å². The van der Waals surface area contributed by atoms with Crippen LogP contribution in [0.15, 0.2) is 0 Å². The molecule has 1 saturated carbocycles. The van der Waals surface area contributed by atoms with Crippen molar-refractivity contribution in [2.45, 2.75) is 38.6 Å². The molecule has 1 amide bonds. The molecule has 0 aromatic carbocycles. The molecular formula is C9H16ClNO. The lowest BCUT2D eigenvalue weighted by molar-refractivity contribution is -0.130. The van der Waals surface area contributed by atoms with E-state index < -0.39 is 0 Å². The normalized spacial score (nSPS) is 18.2. The molecule has 1 aliphatic carbocycles. The predicted octanol–water partition coefficient (Wildman–Crippen LogP) is 2.02. The van der Waals surface area contributed by atoms with Gasteiger partial charge in [-0.1, -0.05) is 12.8 Å². The summed E-state index contributed by atoms with van der Waals surface area (Å²) in [6, 6.07) is 0.473. The highest BCUT2D eigenvalue weighted by molar-refractivity contribution is 6.27. The van der Waals surface area contributed by atoms with Gasteiger partial charge in [0.2, 0.25) is 5.91 Å². The van der Waals surface area contributed by atoms with Crippen LogP contribution in [-0.4, -0.2) is 29.3 Å². The zero-order chi connectivity index (χ0) is 8.97. The molecule has 0 radical (unpaired) electrons. The van der Waals surface area contributed by atoms with Gasteiger partial charge >= 0.3 is 0 Å². The van der Waals surface area contributed by atoms with E-state index in [1.165, 1.54) is 12.8 Å². The van der Waals surface area contributed by atoms with Gasteiger partial charge in [0.1, 0.15) is 5.88 Å². The Labute approximate surface area is 78.9 Å². The number of amides is 1. The molecule has 1 aliphatic rings. The average molecular weight is 190 g/mol. The van der Waals surface area contributed by atoms with Crippen molar-refractivity contribution in [1.82, 2.24) is 4.90 Å². The largest absolute Gasteiger partial charge is 0.339 e. The Kier molecular flexibility index (Phi) is 3.86. The maximum atomic E-state index is 11.3. The highest BCUT2D eigenvalue weighted by atomic mass is 35.5. The van der Waals surface area contributed by atoms with Crippen LogP contribution in [0.25, 0.3) is 0 Å². The van der Waals surface area contributed by atoms with Gasteiger partial charge in [-0.05, 0) is 19.8 Å². The first-order valence-electron chi connectivity index (χ1n) is 4.65. The molecule has 1 rings (SSSR count). The van der Waals surface area contributed by atoms with Crippen LogP contribution in [0.1, 0.15) is 32.6 Å². The number of halogens is 1. The summed E-state index contributed by atoms with van der Waals surface area (Å²) in [6.45, 7) is 2.82. The number of rotatable bonds is 3. The lowest BCUT2D eigenvalue weighted by atomic mass is 10.2. The maximum Gasteiger partial charge on any atom is 0.237 e. The van der Waals surface area contributed by atoms with Crippen LogP contribution in [0.2, 0.25) is 0 Å². The van der Waals surface area contributed by atoms with Crippen LogP contribution < -0.4 is 0 Å². The molecule has 70 valence electrons. The third kappa shape index (κ3) is 2.13. The highest BCUT2D eigenvalue weighted by Crippen LogP contribution is 2.23. The Morgan fingerprint density at radius 2 is 2.08 bits per heavy atom. The number of hydrogen-bond acceptors (Lipinski definition) is 1. The minimum Gasteiger partial charge on any atom is -0.339 e. The Hall–Kier alpha value is -0.240. The second kappa shape index (κ2) is 4.70.